The van der Waals surface area contributed by atoms with E-state index in [9.17, 15) is 4.79 Å². The molecule has 0 aliphatic carbocycles. The maximum Gasteiger partial charge on any atom is 0.308 e. The first-order valence-corrected chi connectivity index (χ1v) is 7.79. The van der Waals surface area contributed by atoms with Crippen LogP contribution in [0.25, 0.3) is 0 Å². The number of aromatic nitrogens is 2. The normalized spacial score (nSPS) is 10.7. The van der Waals surface area contributed by atoms with Crippen molar-refractivity contribution in [3.63, 3.8) is 0 Å². The molecule has 0 aliphatic rings. The smallest absolute Gasteiger partial charge is 0.308 e. The molecule has 0 N–H and O–H groups in total. The predicted octanol–water partition coefficient (Wildman–Crippen LogP) is 2.94. The minimum Gasteiger partial charge on any atom is -0.482 e. The Morgan fingerprint density at radius 2 is 1.46 bits per heavy atom. The molecule has 0 fully saturated rings. The maximum atomic E-state index is 12.2. The summed E-state index contributed by atoms with van der Waals surface area (Å²) in [4.78, 5) is 12.2. The highest BCUT2D eigenvalue weighted by molar-refractivity contribution is 5.17. The van der Waals surface area contributed by atoms with E-state index in [4.69, 9.17) is 9.47 Å². The van der Waals surface area contributed by atoms with Gasteiger partial charge in [-0.2, -0.15) is 0 Å². The minimum absolute atomic E-state index is 0.172. The van der Waals surface area contributed by atoms with E-state index in [2.05, 4.69) is 0 Å². The molecule has 124 valence electrons. The maximum absolute atomic E-state index is 12.2. The molecule has 1 heterocycles. The summed E-state index contributed by atoms with van der Waals surface area (Å²) >= 11 is 0. The lowest BCUT2D eigenvalue weighted by Crippen LogP contribution is -2.20. The number of hydrogen-bond acceptors (Lipinski definition) is 3. The Hall–Kier alpha value is -2.79. The summed E-state index contributed by atoms with van der Waals surface area (Å²) in [6.07, 6.45) is 1.68. The van der Waals surface area contributed by atoms with Crippen molar-refractivity contribution in [3.8, 4) is 5.75 Å². The van der Waals surface area contributed by atoms with Crippen LogP contribution in [0.4, 0.5) is 0 Å². The Morgan fingerprint density at radius 1 is 0.875 bits per heavy atom. The fourth-order valence-electron chi connectivity index (χ4n) is 2.34. The molecule has 1 aromatic heterocycles. The number of hydrogen-bond donors (Lipinski definition) is 0. The molecule has 5 nitrogen and oxygen atoms in total. The first kappa shape index (κ1) is 16.1. The van der Waals surface area contributed by atoms with E-state index in [0.717, 1.165) is 11.1 Å². The average molecular weight is 324 g/mol. The second-order valence-corrected chi connectivity index (χ2v) is 5.50. The molecule has 2 aromatic carbocycles. The zero-order chi connectivity index (χ0) is 16.8. The highest BCUT2D eigenvalue weighted by atomic mass is 16.5. The molecule has 3 rings (SSSR count). The van der Waals surface area contributed by atoms with E-state index in [1.165, 1.54) is 4.68 Å². The molecule has 0 aliphatic heterocycles. The molecular weight excluding hydrogens is 304 g/mol. The lowest BCUT2D eigenvalue weighted by atomic mass is 10.2. The quantitative estimate of drug-likeness (QED) is 0.671. The van der Waals surface area contributed by atoms with Crippen molar-refractivity contribution in [3.05, 3.63) is 88.3 Å². The summed E-state index contributed by atoms with van der Waals surface area (Å²) < 4.78 is 14.5. The van der Waals surface area contributed by atoms with Crippen molar-refractivity contribution >= 4 is 0 Å². The van der Waals surface area contributed by atoms with Gasteiger partial charge in [0, 0.05) is 7.05 Å². The lowest BCUT2D eigenvalue weighted by molar-refractivity contribution is 0.0486. The largest absolute Gasteiger partial charge is 0.482 e. The van der Waals surface area contributed by atoms with E-state index >= 15 is 0 Å². The van der Waals surface area contributed by atoms with Crippen LogP contribution in [0.1, 0.15) is 11.1 Å². The molecule has 0 atom stereocenters. The van der Waals surface area contributed by atoms with Crippen LogP contribution in [0.2, 0.25) is 0 Å². The van der Waals surface area contributed by atoms with Gasteiger partial charge in [-0.05, 0) is 11.1 Å². The summed E-state index contributed by atoms with van der Waals surface area (Å²) in [5, 5.41) is 0. The summed E-state index contributed by atoms with van der Waals surface area (Å²) in [6, 6.07) is 19.7. The van der Waals surface area contributed by atoms with Crippen LogP contribution in [0.5, 0.6) is 5.75 Å². The van der Waals surface area contributed by atoms with Gasteiger partial charge in [0.05, 0.1) is 12.8 Å². The fraction of sp³-hybridized carbons (Fsp3) is 0.211. The van der Waals surface area contributed by atoms with Gasteiger partial charge >= 0.3 is 5.56 Å². The molecule has 0 saturated carbocycles. The first-order valence-electron chi connectivity index (χ1n) is 7.79. The topological polar surface area (TPSA) is 45.4 Å². The van der Waals surface area contributed by atoms with Crippen molar-refractivity contribution in [2.75, 3.05) is 0 Å². The number of ether oxygens (including phenoxy) is 2. The van der Waals surface area contributed by atoms with Gasteiger partial charge in [-0.15, -0.1) is 0 Å². The SMILES string of the molecule is Cn1c(=O)c(OCc2ccccc2)cn1COCc1ccccc1. The Bertz CT molecular complexity index is 823. The predicted molar refractivity (Wildman–Crippen MR) is 91.7 cm³/mol. The van der Waals surface area contributed by atoms with E-state index < -0.39 is 0 Å². The van der Waals surface area contributed by atoms with Crippen molar-refractivity contribution < 1.29 is 9.47 Å². The molecule has 0 spiro atoms. The lowest BCUT2D eigenvalue weighted by Gasteiger charge is -2.08. The first-order chi connectivity index (χ1) is 11.7. The number of benzene rings is 2. The number of nitrogens with zero attached hydrogens (tertiary/aromatic N) is 2. The molecular formula is C19H20N2O3. The number of rotatable bonds is 7. The molecule has 0 bridgehead atoms. The molecule has 5 heteroatoms. The Labute approximate surface area is 140 Å². The standard InChI is InChI=1S/C19H20N2O3/c1-20-19(22)18(24-14-17-10-6-3-7-11-17)12-21(20)15-23-13-16-8-4-2-5-9-16/h2-12H,13-15H2,1H3. The van der Waals surface area contributed by atoms with Crippen LogP contribution >= 0.6 is 0 Å². The highest BCUT2D eigenvalue weighted by Crippen LogP contribution is 2.09. The summed E-state index contributed by atoms with van der Waals surface area (Å²) in [6.45, 7) is 1.15. The van der Waals surface area contributed by atoms with Gasteiger partial charge in [-0.3, -0.25) is 9.48 Å². The van der Waals surface area contributed by atoms with Gasteiger partial charge in [0.2, 0.25) is 5.75 Å². The molecule has 0 amide bonds. The van der Waals surface area contributed by atoms with Gasteiger partial charge in [0.1, 0.15) is 13.3 Å². The van der Waals surface area contributed by atoms with Crippen LogP contribution < -0.4 is 10.3 Å². The second-order valence-electron chi connectivity index (χ2n) is 5.50. The van der Waals surface area contributed by atoms with Crippen LogP contribution in [0, 0.1) is 0 Å². The molecule has 0 radical (unpaired) electrons. The molecule has 3 aromatic rings. The molecule has 24 heavy (non-hydrogen) atoms. The van der Waals surface area contributed by atoms with E-state index in [0.29, 0.717) is 19.0 Å². The third-order valence-electron chi connectivity index (χ3n) is 3.73. The van der Waals surface area contributed by atoms with E-state index in [1.807, 2.05) is 60.7 Å². The second kappa shape index (κ2) is 7.66. The van der Waals surface area contributed by atoms with Crippen LogP contribution in [-0.4, -0.2) is 9.36 Å². The third-order valence-corrected chi connectivity index (χ3v) is 3.73. The zero-order valence-electron chi connectivity index (χ0n) is 13.6. The fourth-order valence-corrected chi connectivity index (χ4v) is 2.34. The Morgan fingerprint density at radius 3 is 2.08 bits per heavy atom. The van der Waals surface area contributed by atoms with Crippen molar-refractivity contribution in [1.29, 1.82) is 0 Å². The summed E-state index contributed by atoms with van der Waals surface area (Å²) in [7, 11) is 1.70. The van der Waals surface area contributed by atoms with Gasteiger partial charge in [0.25, 0.3) is 0 Å². The molecule has 0 saturated heterocycles. The summed E-state index contributed by atoms with van der Waals surface area (Å²) in [5.74, 6) is 0.324. The van der Waals surface area contributed by atoms with Gasteiger partial charge in [0.15, 0.2) is 0 Å². The van der Waals surface area contributed by atoms with Crippen molar-refractivity contribution in [1.82, 2.24) is 9.36 Å². The molecule has 0 unspecified atom stereocenters. The van der Waals surface area contributed by atoms with Crippen LogP contribution in [-0.2, 0) is 31.7 Å². The van der Waals surface area contributed by atoms with E-state index in [-0.39, 0.29) is 12.3 Å². The average Bonchev–Trinajstić information content (AvgIpc) is 2.90. The third kappa shape index (κ3) is 3.94. The van der Waals surface area contributed by atoms with Crippen molar-refractivity contribution in [2.24, 2.45) is 7.05 Å². The Balaban J connectivity index is 1.59. The zero-order valence-corrected chi connectivity index (χ0v) is 13.6. The monoisotopic (exact) mass is 324 g/mol. The van der Waals surface area contributed by atoms with Gasteiger partial charge < -0.3 is 9.47 Å². The summed E-state index contributed by atoms with van der Waals surface area (Å²) in [5.41, 5.74) is 1.94. The van der Waals surface area contributed by atoms with Gasteiger partial charge in [-0.1, -0.05) is 60.7 Å². The Kier molecular flexibility index (Phi) is 5.13. The highest BCUT2D eigenvalue weighted by Gasteiger charge is 2.10. The van der Waals surface area contributed by atoms with Gasteiger partial charge in [-0.25, -0.2) is 4.68 Å². The van der Waals surface area contributed by atoms with E-state index in [1.54, 1.807) is 17.9 Å². The van der Waals surface area contributed by atoms with Crippen molar-refractivity contribution in [2.45, 2.75) is 19.9 Å². The van der Waals surface area contributed by atoms with Crippen LogP contribution in [0.3, 0.4) is 0 Å². The van der Waals surface area contributed by atoms with Crippen LogP contribution in [0.15, 0.2) is 71.7 Å². The minimum atomic E-state index is -0.172.